The highest BCUT2D eigenvalue weighted by Gasteiger charge is 2.26. The number of hydrogen-bond donors (Lipinski definition) is 2. The number of benzene rings is 2. The van der Waals surface area contributed by atoms with E-state index in [2.05, 4.69) is 22.6 Å². The number of aromatic nitrogens is 1. The van der Waals surface area contributed by atoms with E-state index in [9.17, 15) is 9.59 Å². The van der Waals surface area contributed by atoms with Crippen LogP contribution in [0.1, 0.15) is 50.8 Å². The standard InChI is InChI=1S/C27H27N3O4/c1-17-5-6-19(14-24(17)29-26(31)25-4-3-13-34-25)27(32)30-11-9-18(10-12-30)22-16-28-23-8-7-20(33-2)15-21(22)23/h3-8,13-16,18,28H,9-12H2,1-2H3,(H,29,31). The molecule has 2 aromatic heterocycles. The molecule has 1 fully saturated rings. The number of hydrogen-bond acceptors (Lipinski definition) is 4. The van der Waals surface area contributed by atoms with Gasteiger partial charge in [0.15, 0.2) is 5.76 Å². The summed E-state index contributed by atoms with van der Waals surface area (Å²) in [4.78, 5) is 30.9. The van der Waals surface area contributed by atoms with Crippen molar-refractivity contribution >= 4 is 28.4 Å². The number of H-pyrrole nitrogens is 1. The Morgan fingerprint density at radius 3 is 2.68 bits per heavy atom. The third-order valence-corrected chi connectivity index (χ3v) is 6.62. The smallest absolute Gasteiger partial charge is 0.291 e. The normalized spacial score (nSPS) is 14.4. The first-order chi connectivity index (χ1) is 16.5. The molecule has 1 saturated heterocycles. The second-order valence-electron chi connectivity index (χ2n) is 8.68. The third-order valence-electron chi connectivity index (χ3n) is 6.62. The van der Waals surface area contributed by atoms with Crippen LogP contribution >= 0.6 is 0 Å². The molecule has 174 valence electrons. The number of carbonyl (C=O) groups is 2. The molecule has 5 rings (SSSR count). The van der Waals surface area contributed by atoms with Gasteiger partial charge in [-0.05, 0) is 79.3 Å². The van der Waals surface area contributed by atoms with Crippen LogP contribution in [0, 0.1) is 6.92 Å². The topological polar surface area (TPSA) is 87.6 Å². The lowest BCUT2D eigenvalue weighted by Gasteiger charge is -2.32. The molecule has 7 nitrogen and oxygen atoms in total. The summed E-state index contributed by atoms with van der Waals surface area (Å²) in [6.45, 7) is 3.26. The van der Waals surface area contributed by atoms with Gasteiger partial charge in [-0.15, -0.1) is 0 Å². The highest BCUT2D eigenvalue weighted by atomic mass is 16.5. The zero-order valence-corrected chi connectivity index (χ0v) is 19.3. The monoisotopic (exact) mass is 457 g/mol. The minimum absolute atomic E-state index is 0.0208. The van der Waals surface area contributed by atoms with E-state index in [0.717, 1.165) is 29.7 Å². The lowest BCUT2D eigenvalue weighted by Crippen LogP contribution is -2.38. The number of piperidine rings is 1. The quantitative estimate of drug-likeness (QED) is 0.423. The summed E-state index contributed by atoms with van der Waals surface area (Å²) in [5, 5.41) is 4.03. The zero-order chi connectivity index (χ0) is 23.7. The largest absolute Gasteiger partial charge is 0.497 e. The van der Waals surface area contributed by atoms with Crippen LogP contribution in [-0.4, -0.2) is 41.9 Å². The summed E-state index contributed by atoms with van der Waals surface area (Å²) in [6.07, 6.45) is 5.33. The predicted octanol–water partition coefficient (Wildman–Crippen LogP) is 5.35. The molecule has 2 aromatic carbocycles. The summed E-state index contributed by atoms with van der Waals surface area (Å²) in [5.74, 6) is 1.09. The van der Waals surface area contributed by atoms with Gasteiger partial charge in [-0.2, -0.15) is 0 Å². The Bertz CT molecular complexity index is 1330. The van der Waals surface area contributed by atoms with Gasteiger partial charge in [-0.3, -0.25) is 9.59 Å². The second kappa shape index (κ2) is 9.09. The summed E-state index contributed by atoms with van der Waals surface area (Å²) < 4.78 is 10.6. The molecule has 0 radical (unpaired) electrons. The van der Waals surface area contributed by atoms with E-state index in [4.69, 9.17) is 9.15 Å². The molecule has 0 atom stereocenters. The number of likely N-dealkylation sites (tertiary alicyclic amines) is 1. The van der Waals surface area contributed by atoms with Gasteiger partial charge in [0.05, 0.1) is 13.4 Å². The van der Waals surface area contributed by atoms with E-state index < -0.39 is 0 Å². The fraction of sp³-hybridized carbons (Fsp3) is 0.259. The van der Waals surface area contributed by atoms with Crippen LogP contribution in [0.2, 0.25) is 0 Å². The van der Waals surface area contributed by atoms with Gasteiger partial charge in [0.1, 0.15) is 5.75 Å². The Morgan fingerprint density at radius 1 is 1.12 bits per heavy atom. The van der Waals surface area contributed by atoms with E-state index in [0.29, 0.717) is 30.3 Å². The number of aromatic amines is 1. The number of amides is 2. The Labute approximate surface area is 197 Å². The molecule has 7 heteroatoms. The molecule has 2 N–H and O–H groups in total. The Hall–Kier alpha value is -4.00. The molecule has 0 saturated carbocycles. The lowest BCUT2D eigenvalue weighted by molar-refractivity contribution is 0.0713. The van der Waals surface area contributed by atoms with Gasteiger partial charge in [-0.25, -0.2) is 0 Å². The SMILES string of the molecule is COc1ccc2[nH]cc(C3CCN(C(=O)c4ccc(C)c(NC(=O)c5ccco5)c4)CC3)c2c1. The minimum Gasteiger partial charge on any atom is -0.497 e. The van der Waals surface area contributed by atoms with Crippen molar-refractivity contribution in [1.29, 1.82) is 0 Å². The number of ether oxygens (including phenoxy) is 1. The molecule has 1 aliphatic heterocycles. The fourth-order valence-corrected chi connectivity index (χ4v) is 4.64. The molecule has 0 spiro atoms. The summed E-state index contributed by atoms with van der Waals surface area (Å²) in [5.41, 5.74) is 4.42. The number of carbonyl (C=O) groups excluding carboxylic acids is 2. The molecular formula is C27H27N3O4. The average Bonchev–Trinajstić information content (AvgIpc) is 3.55. The predicted molar refractivity (Wildman–Crippen MR) is 131 cm³/mol. The first-order valence-corrected chi connectivity index (χ1v) is 11.4. The molecule has 4 aromatic rings. The van der Waals surface area contributed by atoms with Crippen molar-refractivity contribution in [2.45, 2.75) is 25.7 Å². The highest BCUT2D eigenvalue weighted by molar-refractivity contribution is 6.04. The zero-order valence-electron chi connectivity index (χ0n) is 19.3. The number of anilines is 1. The van der Waals surface area contributed by atoms with Crippen LogP contribution in [0.3, 0.4) is 0 Å². The molecule has 0 unspecified atom stereocenters. The molecule has 1 aliphatic rings. The number of furan rings is 1. The number of rotatable bonds is 5. The van der Waals surface area contributed by atoms with Crippen LogP contribution in [0.15, 0.2) is 65.4 Å². The number of nitrogens with zero attached hydrogens (tertiary/aromatic N) is 1. The van der Waals surface area contributed by atoms with Gasteiger partial charge in [0.2, 0.25) is 0 Å². The molecule has 34 heavy (non-hydrogen) atoms. The van der Waals surface area contributed by atoms with Crippen LogP contribution in [0.25, 0.3) is 10.9 Å². The number of nitrogens with one attached hydrogen (secondary N) is 2. The fourth-order valence-electron chi connectivity index (χ4n) is 4.64. The van der Waals surface area contributed by atoms with E-state index in [1.165, 1.54) is 17.2 Å². The lowest BCUT2D eigenvalue weighted by atomic mass is 9.89. The van der Waals surface area contributed by atoms with Gasteiger partial charge in [-0.1, -0.05) is 6.07 Å². The first kappa shape index (κ1) is 21.8. The first-order valence-electron chi connectivity index (χ1n) is 11.4. The molecule has 3 heterocycles. The molecule has 2 amide bonds. The molecular weight excluding hydrogens is 430 g/mol. The van der Waals surface area contributed by atoms with Crippen molar-refractivity contribution in [3.63, 3.8) is 0 Å². The number of aryl methyl sites for hydroxylation is 1. The Morgan fingerprint density at radius 2 is 1.94 bits per heavy atom. The van der Waals surface area contributed by atoms with Crippen molar-refractivity contribution in [3.05, 3.63) is 83.4 Å². The average molecular weight is 458 g/mol. The summed E-state index contributed by atoms with van der Waals surface area (Å²) in [7, 11) is 1.68. The second-order valence-corrected chi connectivity index (χ2v) is 8.68. The van der Waals surface area contributed by atoms with Gasteiger partial charge >= 0.3 is 0 Å². The maximum absolute atomic E-state index is 13.2. The van der Waals surface area contributed by atoms with Crippen molar-refractivity contribution in [3.8, 4) is 5.75 Å². The van der Waals surface area contributed by atoms with Crippen LogP contribution in [0.4, 0.5) is 5.69 Å². The summed E-state index contributed by atoms with van der Waals surface area (Å²) in [6, 6.07) is 14.8. The van der Waals surface area contributed by atoms with Crippen molar-refractivity contribution in [1.82, 2.24) is 9.88 Å². The minimum atomic E-state index is -0.339. The van der Waals surface area contributed by atoms with Crippen molar-refractivity contribution in [2.75, 3.05) is 25.5 Å². The van der Waals surface area contributed by atoms with Gasteiger partial charge < -0.3 is 24.4 Å². The summed E-state index contributed by atoms with van der Waals surface area (Å²) >= 11 is 0. The Balaban J connectivity index is 1.27. The number of methoxy groups -OCH3 is 1. The van der Waals surface area contributed by atoms with Gasteiger partial charge in [0.25, 0.3) is 11.8 Å². The van der Waals surface area contributed by atoms with Crippen molar-refractivity contribution in [2.24, 2.45) is 0 Å². The number of fused-ring (bicyclic) bond motifs is 1. The van der Waals surface area contributed by atoms with E-state index >= 15 is 0 Å². The molecule has 0 bridgehead atoms. The van der Waals surface area contributed by atoms with E-state index in [1.54, 1.807) is 25.3 Å². The van der Waals surface area contributed by atoms with Gasteiger partial charge in [0, 0.05) is 41.4 Å². The Kier molecular flexibility index (Phi) is 5.84. The van der Waals surface area contributed by atoms with Crippen molar-refractivity contribution < 1.29 is 18.7 Å². The van der Waals surface area contributed by atoms with E-state index in [-0.39, 0.29) is 17.6 Å². The van der Waals surface area contributed by atoms with Crippen LogP contribution < -0.4 is 10.1 Å². The maximum atomic E-state index is 13.2. The van der Waals surface area contributed by atoms with E-state index in [1.807, 2.05) is 36.1 Å². The maximum Gasteiger partial charge on any atom is 0.291 e. The van der Waals surface area contributed by atoms with Crippen LogP contribution in [0.5, 0.6) is 5.75 Å². The van der Waals surface area contributed by atoms with Crippen LogP contribution in [-0.2, 0) is 0 Å². The molecule has 0 aliphatic carbocycles. The third kappa shape index (κ3) is 4.17. The highest BCUT2D eigenvalue weighted by Crippen LogP contribution is 2.35.